The number of sulfonamides is 1. The number of hydrogen-bond acceptors (Lipinski definition) is 7. The molecule has 0 aliphatic carbocycles. The molecule has 0 atom stereocenters. The minimum absolute atomic E-state index is 0.00179. The molecule has 0 aliphatic rings. The predicted molar refractivity (Wildman–Crippen MR) is 127 cm³/mol. The van der Waals surface area contributed by atoms with Crippen molar-refractivity contribution in [2.24, 2.45) is 0 Å². The summed E-state index contributed by atoms with van der Waals surface area (Å²) in [5.41, 5.74) is 1.12. The third-order valence-electron chi connectivity index (χ3n) is 4.50. The summed E-state index contributed by atoms with van der Waals surface area (Å²) in [7, 11) is -1.12. The third kappa shape index (κ3) is 6.40. The van der Waals surface area contributed by atoms with Crippen molar-refractivity contribution in [3.63, 3.8) is 0 Å². The van der Waals surface area contributed by atoms with E-state index >= 15 is 0 Å². The summed E-state index contributed by atoms with van der Waals surface area (Å²) < 4.78 is 42.7. The molecule has 9 nitrogen and oxygen atoms in total. The number of rotatable bonds is 9. The fourth-order valence-electron chi connectivity index (χ4n) is 2.81. The Morgan fingerprint density at radius 1 is 0.912 bits per heavy atom. The molecule has 3 aromatic carbocycles. The normalized spacial score (nSPS) is 10.8. The van der Waals surface area contributed by atoms with Crippen LogP contribution >= 0.6 is 11.6 Å². The van der Waals surface area contributed by atoms with E-state index in [2.05, 4.69) is 14.8 Å². The number of carbonyl (C=O) groups excluding carboxylic acids is 2. The van der Waals surface area contributed by atoms with Crippen molar-refractivity contribution in [2.75, 3.05) is 30.9 Å². The molecule has 11 heteroatoms. The van der Waals surface area contributed by atoms with Crippen LogP contribution in [0.1, 0.15) is 10.4 Å². The van der Waals surface area contributed by atoms with Gasteiger partial charge in [0.2, 0.25) is 0 Å². The largest absolute Gasteiger partial charge is 0.495 e. The molecule has 3 aromatic rings. The van der Waals surface area contributed by atoms with Crippen LogP contribution in [0.4, 0.5) is 11.4 Å². The van der Waals surface area contributed by atoms with Gasteiger partial charge in [0.25, 0.3) is 15.9 Å². The van der Waals surface area contributed by atoms with Crippen LogP contribution < -0.4 is 19.5 Å². The first-order valence-electron chi connectivity index (χ1n) is 9.79. The van der Waals surface area contributed by atoms with Crippen LogP contribution in [0.5, 0.6) is 11.5 Å². The van der Waals surface area contributed by atoms with Crippen LogP contribution in [0.3, 0.4) is 0 Å². The molecule has 0 unspecified atom stereocenters. The molecule has 0 aliphatic heterocycles. The lowest BCUT2D eigenvalue weighted by molar-refractivity contribution is -0.118. The second kappa shape index (κ2) is 10.9. The van der Waals surface area contributed by atoms with E-state index in [0.29, 0.717) is 22.7 Å². The zero-order valence-electron chi connectivity index (χ0n) is 18.2. The van der Waals surface area contributed by atoms with Crippen molar-refractivity contribution in [1.29, 1.82) is 0 Å². The molecular formula is C23H21ClN2O7S. The smallest absolute Gasteiger partial charge is 0.337 e. The number of benzene rings is 3. The molecule has 178 valence electrons. The van der Waals surface area contributed by atoms with Gasteiger partial charge in [-0.05, 0) is 66.7 Å². The lowest BCUT2D eigenvalue weighted by atomic mass is 10.2. The Hall–Kier alpha value is -3.76. The highest BCUT2D eigenvalue weighted by Crippen LogP contribution is 2.28. The first-order chi connectivity index (χ1) is 16.2. The van der Waals surface area contributed by atoms with Crippen LogP contribution in [0.2, 0.25) is 5.02 Å². The summed E-state index contributed by atoms with van der Waals surface area (Å²) in [5.74, 6) is -0.175. The maximum absolute atomic E-state index is 12.6. The first-order valence-corrected chi connectivity index (χ1v) is 11.7. The quantitative estimate of drug-likeness (QED) is 0.423. The summed E-state index contributed by atoms with van der Waals surface area (Å²) in [6, 6.07) is 16.3. The van der Waals surface area contributed by atoms with Gasteiger partial charge in [0.15, 0.2) is 6.61 Å². The second-order valence-corrected chi connectivity index (χ2v) is 8.92. The number of carbonyl (C=O) groups is 2. The molecule has 0 saturated carbocycles. The van der Waals surface area contributed by atoms with E-state index < -0.39 is 21.9 Å². The van der Waals surface area contributed by atoms with Crippen molar-refractivity contribution < 1.29 is 32.2 Å². The van der Waals surface area contributed by atoms with E-state index in [4.69, 9.17) is 21.1 Å². The standard InChI is InChI=1S/C23H21ClN2O7S/c1-31-21-12-7-17(13-20(21)24)26-34(29,30)19-10-8-18(9-11-19)33-14-22(27)25-16-5-3-15(4-6-16)23(28)32-2/h3-13,26H,14H2,1-2H3,(H,25,27). The Kier molecular flexibility index (Phi) is 7.98. The number of anilines is 2. The van der Waals surface area contributed by atoms with Gasteiger partial charge in [-0.2, -0.15) is 0 Å². The van der Waals surface area contributed by atoms with Gasteiger partial charge in [0.1, 0.15) is 11.5 Å². The summed E-state index contributed by atoms with van der Waals surface area (Å²) in [6.07, 6.45) is 0. The van der Waals surface area contributed by atoms with Gasteiger partial charge in [-0.15, -0.1) is 0 Å². The zero-order chi connectivity index (χ0) is 24.7. The molecular weight excluding hydrogens is 484 g/mol. The lowest BCUT2D eigenvalue weighted by Crippen LogP contribution is -2.20. The van der Waals surface area contributed by atoms with Gasteiger partial charge in [-0.1, -0.05) is 11.6 Å². The summed E-state index contributed by atoms with van der Waals surface area (Å²) >= 11 is 6.03. The average molecular weight is 505 g/mol. The van der Waals surface area contributed by atoms with Gasteiger partial charge in [-0.3, -0.25) is 9.52 Å². The number of halogens is 1. The van der Waals surface area contributed by atoms with Crippen LogP contribution in [-0.2, 0) is 19.6 Å². The zero-order valence-corrected chi connectivity index (χ0v) is 19.8. The maximum Gasteiger partial charge on any atom is 0.337 e. The van der Waals surface area contributed by atoms with Crippen LogP contribution in [0, 0.1) is 0 Å². The van der Waals surface area contributed by atoms with E-state index in [9.17, 15) is 18.0 Å². The van der Waals surface area contributed by atoms with Crippen molar-refractivity contribution in [3.05, 3.63) is 77.3 Å². The van der Waals surface area contributed by atoms with Gasteiger partial charge >= 0.3 is 5.97 Å². The Balaban J connectivity index is 1.56. The Labute approximate surface area is 201 Å². The Morgan fingerprint density at radius 2 is 1.56 bits per heavy atom. The molecule has 2 N–H and O–H groups in total. The highest BCUT2D eigenvalue weighted by molar-refractivity contribution is 7.92. The van der Waals surface area contributed by atoms with Crippen molar-refractivity contribution >= 4 is 44.9 Å². The van der Waals surface area contributed by atoms with Gasteiger partial charge in [-0.25, -0.2) is 13.2 Å². The first kappa shape index (κ1) is 24.9. The van der Waals surface area contributed by atoms with Crippen LogP contribution in [0.25, 0.3) is 0 Å². The summed E-state index contributed by atoms with van der Waals surface area (Å²) in [6.45, 7) is -0.298. The minimum Gasteiger partial charge on any atom is -0.495 e. The minimum atomic E-state index is -3.87. The number of methoxy groups -OCH3 is 2. The van der Waals surface area contributed by atoms with Crippen LogP contribution in [-0.4, -0.2) is 41.1 Å². The third-order valence-corrected chi connectivity index (χ3v) is 6.19. The van der Waals surface area contributed by atoms with E-state index in [0.717, 1.165) is 0 Å². The fourth-order valence-corrected chi connectivity index (χ4v) is 4.12. The molecule has 0 fully saturated rings. The monoisotopic (exact) mass is 504 g/mol. The molecule has 1 amide bonds. The lowest BCUT2D eigenvalue weighted by Gasteiger charge is -2.11. The number of amides is 1. The van der Waals surface area contributed by atoms with Crippen LogP contribution in [0.15, 0.2) is 71.6 Å². The average Bonchev–Trinajstić information content (AvgIpc) is 2.83. The number of hydrogen-bond donors (Lipinski definition) is 2. The van der Waals surface area contributed by atoms with E-state index in [1.54, 1.807) is 18.2 Å². The molecule has 0 spiro atoms. The SMILES string of the molecule is COC(=O)c1ccc(NC(=O)COc2ccc(S(=O)(=O)Nc3ccc(OC)c(Cl)c3)cc2)cc1. The van der Waals surface area contributed by atoms with Crippen molar-refractivity contribution in [2.45, 2.75) is 4.90 Å². The van der Waals surface area contributed by atoms with E-state index in [-0.39, 0.29) is 22.2 Å². The number of esters is 1. The van der Waals surface area contributed by atoms with Gasteiger partial charge < -0.3 is 19.5 Å². The van der Waals surface area contributed by atoms with E-state index in [1.807, 2.05) is 0 Å². The molecule has 0 saturated heterocycles. The van der Waals surface area contributed by atoms with Crippen molar-refractivity contribution in [1.82, 2.24) is 0 Å². The number of ether oxygens (including phenoxy) is 3. The Morgan fingerprint density at radius 3 is 2.15 bits per heavy atom. The topological polar surface area (TPSA) is 120 Å². The molecule has 3 rings (SSSR count). The van der Waals surface area contributed by atoms with Gasteiger partial charge in [0, 0.05) is 5.69 Å². The molecule has 34 heavy (non-hydrogen) atoms. The molecule has 0 bridgehead atoms. The number of nitrogens with one attached hydrogen (secondary N) is 2. The summed E-state index contributed by atoms with van der Waals surface area (Å²) in [5, 5.41) is 2.90. The predicted octanol–water partition coefficient (Wildman–Crippen LogP) is 3.95. The molecule has 0 heterocycles. The Bertz CT molecular complexity index is 1280. The fraction of sp³-hybridized carbons (Fsp3) is 0.130. The highest BCUT2D eigenvalue weighted by atomic mass is 35.5. The molecule has 0 aromatic heterocycles. The van der Waals surface area contributed by atoms with Gasteiger partial charge in [0.05, 0.1) is 35.4 Å². The van der Waals surface area contributed by atoms with E-state index in [1.165, 1.54) is 62.8 Å². The second-order valence-electron chi connectivity index (χ2n) is 6.83. The maximum atomic E-state index is 12.6. The van der Waals surface area contributed by atoms with Crippen molar-refractivity contribution in [3.8, 4) is 11.5 Å². The summed E-state index contributed by atoms with van der Waals surface area (Å²) in [4.78, 5) is 23.6. The molecule has 0 radical (unpaired) electrons. The highest BCUT2D eigenvalue weighted by Gasteiger charge is 2.15.